The van der Waals surface area contributed by atoms with E-state index in [-0.39, 0.29) is 41.2 Å². The quantitative estimate of drug-likeness (QED) is 0.404. The van der Waals surface area contributed by atoms with Gasteiger partial charge in [-0.05, 0) is 21.0 Å². The summed E-state index contributed by atoms with van der Waals surface area (Å²) in [5.41, 5.74) is -2.17. The summed E-state index contributed by atoms with van der Waals surface area (Å²) in [6, 6.07) is 0. The number of fused-ring (bicyclic) bond motifs is 1. The Hall–Kier alpha value is -1.47. The number of alkyl halides is 1. The van der Waals surface area contributed by atoms with Gasteiger partial charge in [0.2, 0.25) is 0 Å². The van der Waals surface area contributed by atoms with E-state index in [0.29, 0.717) is 0 Å². The van der Waals surface area contributed by atoms with Crippen molar-refractivity contribution in [2.24, 2.45) is 4.99 Å². The molecule has 2 aliphatic rings. The number of imidazole rings is 1. The van der Waals surface area contributed by atoms with Gasteiger partial charge < -0.3 is 9.84 Å². The lowest BCUT2D eigenvalue weighted by Gasteiger charge is -2.26. The number of carbonyl (C=O) groups excluding carboxylic acids is 2. The molecule has 5 atom stereocenters. The van der Waals surface area contributed by atoms with Crippen LogP contribution in [0, 0.1) is 0 Å². The van der Waals surface area contributed by atoms with Crippen LogP contribution in [-0.2, 0) is 23.1 Å². The zero-order valence-electron chi connectivity index (χ0n) is 18.1. The Morgan fingerprint density at radius 1 is 1.50 bits per heavy atom. The zero-order valence-corrected chi connectivity index (χ0v) is 19.8. The lowest BCUT2D eigenvalue weighted by atomic mass is 9.98. The normalized spacial score (nSPS) is 29.3. The molecule has 0 radical (unpaired) electrons. The van der Waals surface area contributed by atoms with Gasteiger partial charge in [0.05, 0.1) is 19.5 Å². The second kappa shape index (κ2) is 9.80. The van der Waals surface area contributed by atoms with Gasteiger partial charge in [0.25, 0.3) is 0 Å². The van der Waals surface area contributed by atoms with Crippen LogP contribution >= 0.6 is 19.5 Å². The van der Waals surface area contributed by atoms with Gasteiger partial charge in [-0.1, -0.05) is 11.8 Å². The lowest BCUT2D eigenvalue weighted by molar-refractivity contribution is -0.109. The molecule has 2 unspecified atom stereocenters. The van der Waals surface area contributed by atoms with Gasteiger partial charge >= 0.3 is 7.75 Å². The highest BCUT2D eigenvalue weighted by molar-refractivity contribution is 8.13. The summed E-state index contributed by atoms with van der Waals surface area (Å²) in [4.78, 5) is 31.1. The average molecular weight is 492 g/mol. The maximum atomic E-state index is 15.5. The van der Waals surface area contributed by atoms with E-state index in [0.717, 1.165) is 18.7 Å². The van der Waals surface area contributed by atoms with Crippen LogP contribution < -0.4 is 0 Å². The molecule has 2 aliphatic heterocycles. The first-order valence-corrected chi connectivity index (χ1v) is 12.3. The van der Waals surface area contributed by atoms with Crippen LogP contribution in [0.2, 0.25) is 0 Å². The number of aliphatic hydroxyl groups excluding tert-OH is 1. The van der Waals surface area contributed by atoms with Gasteiger partial charge in [0.1, 0.15) is 12.2 Å². The predicted molar refractivity (Wildman–Crippen MR) is 115 cm³/mol. The number of halogens is 1. The molecule has 178 valence electrons. The Labute approximate surface area is 188 Å². The van der Waals surface area contributed by atoms with Crippen molar-refractivity contribution in [3.63, 3.8) is 0 Å². The van der Waals surface area contributed by atoms with Gasteiger partial charge in [-0.15, -0.1) is 0 Å². The average Bonchev–Trinajstić information content (AvgIpc) is 3.24. The maximum absolute atomic E-state index is 15.5. The third-order valence-electron chi connectivity index (χ3n) is 5.03. The van der Waals surface area contributed by atoms with Gasteiger partial charge in [-0.25, -0.2) is 23.6 Å². The molecule has 14 heteroatoms. The van der Waals surface area contributed by atoms with Crippen molar-refractivity contribution in [2.45, 2.75) is 44.4 Å². The summed E-state index contributed by atoms with van der Waals surface area (Å²) < 4.78 is 47.5. The van der Waals surface area contributed by atoms with Crippen molar-refractivity contribution in [3.8, 4) is 0 Å². The van der Waals surface area contributed by atoms with Gasteiger partial charge in [0, 0.05) is 25.3 Å². The van der Waals surface area contributed by atoms with Crippen LogP contribution in [0.25, 0.3) is 0 Å². The molecule has 1 fully saturated rings. The van der Waals surface area contributed by atoms with Crippen LogP contribution in [0.15, 0.2) is 11.3 Å². The number of ether oxygens (including phenoxy) is 1. The number of hydrogen-bond acceptors (Lipinski definition) is 10. The Morgan fingerprint density at radius 2 is 2.22 bits per heavy atom. The molecule has 3 heterocycles. The molecular weight excluding hydrogens is 466 g/mol. The fourth-order valence-electron chi connectivity index (χ4n) is 3.29. The number of thioether (sulfide) groups is 1. The number of nitrogens with zero attached hydrogens (tertiary/aromatic N) is 4. The topological polar surface area (TPSA) is 133 Å². The fourth-order valence-corrected chi connectivity index (χ4v) is 5.06. The summed E-state index contributed by atoms with van der Waals surface area (Å²) in [5.74, 6) is 0.184. The molecule has 0 aromatic carbocycles. The number of rotatable bonds is 9. The predicted octanol–water partition coefficient (Wildman–Crippen LogP) is 2.14. The van der Waals surface area contributed by atoms with Crippen molar-refractivity contribution in [1.29, 1.82) is 0 Å². The fraction of sp³-hybridized carbons (Fsp3) is 0.667. The molecule has 0 amide bonds. The smallest absolute Gasteiger partial charge is 0.387 e. The minimum Gasteiger partial charge on any atom is -0.387 e. The van der Waals surface area contributed by atoms with Crippen LogP contribution in [-0.4, -0.2) is 87.4 Å². The molecular formula is C18H26FN4O7PS. The van der Waals surface area contributed by atoms with Gasteiger partial charge in [-0.3, -0.25) is 23.2 Å². The first-order valence-electron chi connectivity index (χ1n) is 9.82. The molecule has 1 aromatic rings. The molecule has 11 nitrogen and oxygen atoms in total. The molecule has 1 saturated heterocycles. The molecule has 1 aromatic heterocycles. The molecule has 1 N–H and O–H groups in total. The first kappa shape index (κ1) is 25.2. The van der Waals surface area contributed by atoms with Crippen LogP contribution in [0.4, 0.5) is 10.2 Å². The Bertz CT molecular complexity index is 954. The Kier molecular flexibility index (Phi) is 7.70. The molecule has 32 heavy (non-hydrogen) atoms. The molecule has 0 aliphatic carbocycles. The number of aromatic nitrogens is 2. The number of hydrogen-bond donors (Lipinski definition) is 1. The monoisotopic (exact) mass is 492 g/mol. The maximum Gasteiger partial charge on any atom is 0.407 e. The number of aliphatic hydroxyl groups is 1. The number of carbonyl (C=O) groups is 2. The van der Waals surface area contributed by atoms with Crippen molar-refractivity contribution < 1.29 is 37.4 Å². The molecule has 0 bridgehead atoms. The molecule has 0 saturated carbocycles. The summed E-state index contributed by atoms with van der Waals surface area (Å²) in [7, 11) is -0.799. The van der Waals surface area contributed by atoms with Crippen LogP contribution in [0.5, 0.6) is 0 Å². The van der Waals surface area contributed by atoms with E-state index in [4.69, 9.17) is 13.8 Å². The minimum atomic E-state index is -3.77. The molecule has 0 spiro atoms. The van der Waals surface area contributed by atoms with Crippen molar-refractivity contribution in [3.05, 3.63) is 12.0 Å². The minimum absolute atomic E-state index is 0.00948. The third kappa shape index (κ3) is 5.04. The first-order chi connectivity index (χ1) is 15.0. The second-order valence-electron chi connectivity index (χ2n) is 7.67. The summed E-state index contributed by atoms with van der Waals surface area (Å²) >= 11 is 1.02. The number of aliphatic imine (C=N–C) groups is 1. The largest absolute Gasteiger partial charge is 0.407 e. The van der Waals surface area contributed by atoms with Crippen molar-refractivity contribution in [2.75, 3.05) is 33.1 Å². The highest BCUT2D eigenvalue weighted by atomic mass is 32.2. The van der Waals surface area contributed by atoms with E-state index in [9.17, 15) is 19.3 Å². The lowest BCUT2D eigenvalue weighted by Crippen LogP contribution is -2.40. The summed E-state index contributed by atoms with van der Waals surface area (Å²) in [6.07, 6.45) is -1.40. The van der Waals surface area contributed by atoms with Crippen molar-refractivity contribution >= 4 is 42.4 Å². The zero-order chi connectivity index (χ0) is 23.7. The third-order valence-corrected chi connectivity index (χ3v) is 7.77. The summed E-state index contributed by atoms with van der Waals surface area (Å²) in [6.45, 7) is 2.13. The van der Waals surface area contributed by atoms with E-state index in [1.165, 1.54) is 42.8 Å². The van der Waals surface area contributed by atoms with E-state index in [2.05, 4.69) is 9.98 Å². The summed E-state index contributed by atoms with van der Waals surface area (Å²) in [5, 5.41) is 10.4. The second-order valence-corrected chi connectivity index (χ2v) is 11.2. The number of Topliss-reactive ketones (excluding diaryl/α,β-unsaturated/α-hetero) is 1. The Morgan fingerprint density at radius 3 is 2.88 bits per heavy atom. The van der Waals surface area contributed by atoms with E-state index in [1.54, 1.807) is 0 Å². The van der Waals surface area contributed by atoms with Crippen LogP contribution in [0.1, 0.15) is 37.0 Å². The van der Waals surface area contributed by atoms with Crippen LogP contribution in [0.3, 0.4) is 0 Å². The van der Waals surface area contributed by atoms with E-state index in [1.807, 2.05) is 0 Å². The molecule has 3 rings (SSSR count). The highest BCUT2D eigenvalue weighted by Gasteiger charge is 2.56. The van der Waals surface area contributed by atoms with E-state index < -0.39 is 38.5 Å². The highest BCUT2D eigenvalue weighted by Crippen LogP contribution is 2.51. The Balaban J connectivity index is 1.70. The SMILES string of the molecule is CC(=O)SCCOP(=O)(OC[C@H]1O[C@@H](n2cnc3c2N=CCC3=O)C(C)(F)[C@H]1O)N(C)C. The van der Waals surface area contributed by atoms with Gasteiger partial charge in [0.15, 0.2) is 34.3 Å². The van der Waals surface area contributed by atoms with Gasteiger partial charge in [-0.2, -0.15) is 0 Å². The van der Waals surface area contributed by atoms with E-state index >= 15 is 4.39 Å². The van der Waals surface area contributed by atoms with Crippen molar-refractivity contribution in [1.82, 2.24) is 14.2 Å². The number of ketones is 1. The standard InChI is InChI=1S/C18H26FN4O7PS/c1-11(24)32-8-7-28-31(27,22(3)4)29-9-13-15(26)18(2,19)17(30-13)23-10-21-14-12(25)5-6-20-16(14)23/h6,10,13,15,17,26H,5,7-9H2,1-4H3/t13-,15+,17-,18?,31?/m1/s1.